The third-order valence-corrected chi connectivity index (χ3v) is 5.14. The van der Waals surface area contributed by atoms with Gasteiger partial charge >= 0.3 is 0 Å². The van der Waals surface area contributed by atoms with Crippen LogP contribution in [0.5, 0.6) is 0 Å². The Morgan fingerprint density at radius 2 is 1.89 bits per heavy atom. The molecule has 0 radical (unpaired) electrons. The molecule has 0 spiro atoms. The van der Waals surface area contributed by atoms with Gasteiger partial charge in [0.25, 0.3) is 0 Å². The van der Waals surface area contributed by atoms with Crippen LogP contribution in [0.15, 0.2) is 54.6 Å². The lowest BCUT2D eigenvalue weighted by Crippen LogP contribution is -2.55. The van der Waals surface area contributed by atoms with Crippen LogP contribution in [-0.2, 0) is 16.1 Å². The number of amides is 2. The minimum atomic E-state index is -0.510. The molecule has 0 aliphatic carbocycles. The Balaban J connectivity index is 0.00000280. The summed E-state index contributed by atoms with van der Waals surface area (Å²) in [4.78, 5) is 26.9. The van der Waals surface area contributed by atoms with E-state index in [4.69, 9.17) is 11.6 Å². The molecule has 2 atom stereocenters. The summed E-state index contributed by atoms with van der Waals surface area (Å²) in [6, 6.07) is 16.7. The smallest absolute Gasteiger partial charge is 0.240 e. The molecule has 2 unspecified atom stereocenters. The largest absolute Gasteiger partial charge is 0.350 e. The minimum absolute atomic E-state index is 0. The molecule has 2 aromatic carbocycles. The van der Waals surface area contributed by atoms with Crippen LogP contribution >= 0.6 is 24.0 Å². The fourth-order valence-corrected chi connectivity index (χ4v) is 3.45. The number of carbonyl (C=O) groups excluding carboxylic acids is 2. The second-order valence-electron chi connectivity index (χ2n) is 6.76. The molecule has 0 saturated carbocycles. The Morgan fingerprint density at radius 3 is 2.61 bits per heavy atom. The Kier molecular flexibility index (Phi) is 8.30. The average Bonchev–Trinajstić information content (AvgIpc) is 2.67. The number of rotatable bonds is 6. The van der Waals surface area contributed by atoms with Crippen molar-refractivity contribution in [2.75, 3.05) is 13.1 Å². The highest BCUT2D eigenvalue weighted by molar-refractivity contribution is 6.31. The molecule has 1 fully saturated rings. The van der Waals surface area contributed by atoms with E-state index in [2.05, 4.69) is 10.6 Å². The van der Waals surface area contributed by atoms with Crippen molar-refractivity contribution < 1.29 is 9.59 Å². The van der Waals surface area contributed by atoms with E-state index in [1.165, 1.54) is 0 Å². The van der Waals surface area contributed by atoms with Gasteiger partial charge in [-0.2, -0.15) is 0 Å². The molecule has 1 heterocycles. The van der Waals surface area contributed by atoms with Crippen LogP contribution in [0.2, 0.25) is 5.02 Å². The van der Waals surface area contributed by atoms with Crippen LogP contribution in [0.4, 0.5) is 0 Å². The molecule has 5 nitrogen and oxygen atoms in total. The first-order valence-corrected chi connectivity index (χ1v) is 9.52. The second kappa shape index (κ2) is 10.5. The predicted molar refractivity (Wildman–Crippen MR) is 114 cm³/mol. The number of nitrogens with one attached hydrogen (secondary N) is 2. The number of nitrogens with zero attached hydrogens (tertiary/aromatic N) is 1. The van der Waals surface area contributed by atoms with Crippen molar-refractivity contribution in [1.82, 2.24) is 15.5 Å². The van der Waals surface area contributed by atoms with E-state index in [1.807, 2.05) is 61.5 Å². The van der Waals surface area contributed by atoms with Crippen molar-refractivity contribution in [1.29, 1.82) is 0 Å². The van der Waals surface area contributed by atoms with Crippen LogP contribution in [0.1, 0.15) is 30.5 Å². The van der Waals surface area contributed by atoms with Gasteiger partial charge in [0.05, 0.1) is 18.5 Å². The number of halogens is 2. The number of benzene rings is 2. The first-order valence-electron chi connectivity index (χ1n) is 9.14. The lowest BCUT2D eigenvalue weighted by atomic mass is 10.1. The van der Waals surface area contributed by atoms with Gasteiger partial charge in [0.1, 0.15) is 0 Å². The topological polar surface area (TPSA) is 61.4 Å². The molecular weight excluding hydrogens is 397 g/mol. The first-order chi connectivity index (χ1) is 13.0. The van der Waals surface area contributed by atoms with Gasteiger partial charge in [-0.05, 0) is 24.1 Å². The third-order valence-electron chi connectivity index (χ3n) is 4.77. The summed E-state index contributed by atoms with van der Waals surface area (Å²) < 4.78 is 0. The van der Waals surface area contributed by atoms with Gasteiger partial charge in [-0.25, -0.2) is 0 Å². The summed E-state index contributed by atoms with van der Waals surface area (Å²) in [5.41, 5.74) is 1.95. The zero-order valence-electron chi connectivity index (χ0n) is 15.7. The monoisotopic (exact) mass is 421 g/mol. The summed E-state index contributed by atoms with van der Waals surface area (Å²) >= 11 is 6.21. The maximum atomic E-state index is 12.8. The van der Waals surface area contributed by atoms with Crippen LogP contribution in [0.25, 0.3) is 0 Å². The fourth-order valence-electron chi connectivity index (χ4n) is 3.25. The van der Waals surface area contributed by atoms with E-state index in [-0.39, 0.29) is 36.7 Å². The zero-order valence-corrected chi connectivity index (χ0v) is 17.3. The molecule has 0 bridgehead atoms. The van der Waals surface area contributed by atoms with Gasteiger partial charge in [-0.3, -0.25) is 9.59 Å². The van der Waals surface area contributed by atoms with Crippen molar-refractivity contribution >= 4 is 35.8 Å². The van der Waals surface area contributed by atoms with Gasteiger partial charge in [-0.1, -0.05) is 60.1 Å². The zero-order chi connectivity index (χ0) is 19.2. The lowest BCUT2D eigenvalue weighted by Gasteiger charge is -2.33. The van der Waals surface area contributed by atoms with Crippen molar-refractivity contribution in [2.45, 2.75) is 32.0 Å². The van der Waals surface area contributed by atoms with E-state index >= 15 is 0 Å². The lowest BCUT2D eigenvalue weighted by molar-refractivity contribution is -0.138. The van der Waals surface area contributed by atoms with Crippen LogP contribution in [0.3, 0.4) is 0 Å². The highest BCUT2D eigenvalue weighted by Crippen LogP contribution is 2.19. The van der Waals surface area contributed by atoms with Crippen molar-refractivity contribution in [3.8, 4) is 0 Å². The van der Waals surface area contributed by atoms with Gasteiger partial charge in [0, 0.05) is 24.7 Å². The average molecular weight is 422 g/mol. The molecule has 2 N–H and O–H groups in total. The van der Waals surface area contributed by atoms with Crippen LogP contribution in [-0.4, -0.2) is 35.8 Å². The standard InChI is InChI=1S/C21H24ClN3O2.ClH/c1-15(16-7-3-2-4-8-16)24-20(26)13-19-21(27)25(12-11-23-19)14-17-9-5-6-10-18(17)22;/h2-10,15,19,23H,11-14H2,1H3,(H,24,26);1H. The second-order valence-corrected chi connectivity index (χ2v) is 7.17. The summed E-state index contributed by atoms with van der Waals surface area (Å²) in [6.07, 6.45) is 0.120. The normalized spacial score (nSPS) is 17.6. The Morgan fingerprint density at radius 1 is 1.21 bits per heavy atom. The number of hydrogen-bond acceptors (Lipinski definition) is 3. The maximum Gasteiger partial charge on any atom is 0.240 e. The van der Waals surface area contributed by atoms with Gasteiger partial charge in [0.15, 0.2) is 0 Å². The van der Waals surface area contributed by atoms with E-state index < -0.39 is 6.04 Å². The first kappa shape index (κ1) is 22.2. The van der Waals surface area contributed by atoms with Crippen LogP contribution < -0.4 is 10.6 Å². The number of carbonyl (C=O) groups is 2. The minimum Gasteiger partial charge on any atom is -0.350 e. The molecule has 2 aromatic rings. The predicted octanol–water partition coefficient (Wildman–Crippen LogP) is 3.33. The van der Waals surface area contributed by atoms with Crippen molar-refractivity contribution in [2.24, 2.45) is 0 Å². The van der Waals surface area contributed by atoms with E-state index in [1.54, 1.807) is 4.90 Å². The van der Waals surface area contributed by atoms with Crippen molar-refractivity contribution in [3.05, 3.63) is 70.7 Å². The van der Waals surface area contributed by atoms with E-state index in [0.717, 1.165) is 11.1 Å². The third kappa shape index (κ3) is 5.71. The number of hydrogen-bond donors (Lipinski definition) is 2. The molecule has 7 heteroatoms. The fraction of sp³-hybridized carbons (Fsp3) is 0.333. The van der Waals surface area contributed by atoms with Gasteiger partial charge in [0.2, 0.25) is 11.8 Å². The highest BCUT2D eigenvalue weighted by atomic mass is 35.5. The van der Waals surface area contributed by atoms with Crippen molar-refractivity contribution in [3.63, 3.8) is 0 Å². The van der Waals surface area contributed by atoms with E-state index in [9.17, 15) is 9.59 Å². The summed E-state index contributed by atoms with van der Waals surface area (Å²) in [7, 11) is 0. The van der Waals surface area contributed by atoms with E-state index in [0.29, 0.717) is 24.7 Å². The summed E-state index contributed by atoms with van der Waals surface area (Å²) in [5.74, 6) is -0.208. The molecule has 2 amide bonds. The molecule has 1 aliphatic rings. The molecule has 0 aromatic heterocycles. The summed E-state index contributed by atoms with van der Waals surface area (Å²) in [6.45, 7) is 3.65. The maximum absolute atomic E-state index is 12.8. The Hall–Kier alpha value is -2.08. The van der Waals surface area contributed by atoms with Crippen LogP contribution in [0, 0.1) is 0 Å². The summed E-state index contributed by atoms with van der Waals surface area (Å²) in [5, 5.41) is 6.77. The SMILES string of the molecule is CC(NC(=O)CC1NCCN(Cc2ccccc2Cl)C1=O)c1ccccc1.Cl. The quantitative estimate of drug-likeness (QED) is 0.751. The molecule has 28 heavy (non-hydrogen) atoms. The molecular formula is C21H25Cl2N3O2. The highest BCUT2D eigenvalue weighted by Gasteiger charge is 2.30. The molecule has 1 saturated heterocycles. The van der Waals surface area contributed by atoms with Gasteiger partial charge in [-0.15, -0.1) is 12.4 Å². The molecule has 3 rings (SSSR count). The Bertz CT molecular complexity index is 801. The Labute approximate surface area is 176 Å². The molecule has 150 valence electrons. The number of piperazine rings is 1. The van der Waals surface area contributed by atoms with Gasteiger partial charge < -0.3 is 15.5 Å². The molecule has 1 aliphatic heterocycles.